The Morgan fingerprint density at radius 3 is 2.71 bits per heavy atom. The van der Waals surface area contributed by atoms with E-state index >= 15 is 0 Å². The van der Waals surface area contributed by atoms with Crippen LogP contribution in [0.2, 0.25) is 0 Å². The minimum Gasteiger partial charge on any atom is -0.453 e. The second kappa shape index (κ2) is 7.89. The number of H-pyrrole nitrogens is 1. The Morgan fingerprint density at radius 2 is 1.94 bits per heavy atom. The molecule has 34 heavy (non-hydrogen) atoms. The molecule has 1 aromatic heterocycles. The van der Waals surface area contributed by atoms with Gasteiger partial charge in [-0.1, -0.05) is 24.3 Å². The Labute approximate surface area is 199 Å². The third-order valence-electron chi connectivity index (χ3n) is 5.58. The molecule has 1 aliphatic rings. The molecule has 2 amide bonds. The molecular formula is C23H15BrF2N4O4. The molecule has 1 unspecified atom stereocenters. The summed E-state index contributed by atoms with van der Waals surface area (Å²) in [5.41, 5.74) is -0.966. The highest BCUT2D eigenvalue weighted by molar-refractivity contribution is 9.10. The molecular weight excluding hydrogens is 514 g/mol. The van der Waals surface area contributed by atoms with Crippen molar-refractivity contribution in [3.05, 3.63) is 87.4 Å². The SMILES string of the molecule is COC(=O)Nc1nc2cc(C3(O)c4ccccc4C(=O)N3c3cc(Br)c(F)cc3F)ccc2[nH]1. The first-order valence-corrected chi connectivity index (χ1v) is 10.7. The van der Waals surface area contributed by atoms with Crippen molar-refractivity contribution in [2.45, 2.75) is 5.72 Å². The summed E-state index contributed by atoms with van der Waals surface area (Å²) >= 11 is 3.02. The summed E-state index contributed by atoms with van der Waals surface area (Å²) in [6.45, 7) is 0. The number of hydrogen-bond acceptors (Lipinski definition) is 5. The van der Waals surface area contributed by atoms with Crippen molar-refractivity contribution in [1.82, 2.24) is 9.97 Å². The smallest absolute Gasteiger partial charge is 0.413 e. The maximum absolute atomic E-state index is 14.9. The number of ether oxygens (including phenoxy) is 1. The number of benzene rings is 3. The molecule has 0 aliphatic carbocycles. The van der Waals surface area contributed by atoms with Gasteiger partial charge < -0.3 is 14.8 Å². The molecule has 5 rings (SSSR count). The summed E-state index contributed by atoms with van der Waals surface area (Å²) in [6.07, 6.45) is -0.725. The zero-order valence-corrected chi connectivity index (χ0v) is 19.0. The Balaban J connectivity index is 1.71. The first-order chi connectivity index (χ1) is 16.2. The number of aromatic amines is 1. The van der Waals surface area contributed by atoms with E-state index in [0.29, 0.717) is 17.1 Å². The van der Waals surface area contributed by atoms with Crippen LogP contribution in [0.3, 0.4) is 0 Å². The summed E-state index contributed by atoms with van der Waals surface area (Å²) in [7, 11) is 1.21. The number of carbonyl (C=O) groups excluding carboxylic acids is 2. The summed E-state index contributed by atoms with van der Waals surface area (Å²) in [6, 6.07) is 12.7. The lowest BCUT2D eigenvalue weighted by molar-refractivity contribution is 0.0698. The monoisotopic (exact) mass is 528 g/mol. The van der Waals surface area contributed by atoms with Gasteiger partial charge in [0.05, 0.1) is 28.3 Å². The highest BCUT2D eigenvalue weighted by Gasteiger charge is 2.51. The highest BCUT2D eigenvalue weighted by Crippen LogP contribution is 2.46. The number of aliphatic hydroxyl groups is 1. The number of aromatic nitrogens is 2. The van der Waals surface area contributed by atoms with Crippen LogP contribution in [0, 0.1) is 11.6 Å². The van der Waals surface area contributed by atoms with Crippen LogP contribution in [0.25, 0.3) is 11.0 Å². The summed E-state index contributed by atoms with van der Waals surface area (Å²) in [4.78, 5) is 32.9. The number of fused-ring (bicyclic) bond motifs is 2. The van der Waals surface area contributed by atoms with Gasteiger partial charge in [0.25, 0.3) is 5.91 Å². The maximum Gasteiger partial charge on any atom is 0.413 e. The molecule has 8 nitrogen and oxygen atoms in total. The van der Waals surface area contributed by atoms with Crippen LogP contribution in [-0.4, -0.2) is 34.2 Å². The van der Waals surface area contributed by atoms with Crippen LogP contribution < -0.4 is 10.2 Å². The Morgan fingerprint density at radius 1 is 1.18 bits per heavy atom. The fraction of sp³-hybridized carbons (Fsp3) is 0.0870. The molecule has 0 saturated carbocycles. The molecule has 1 aliphatic heterocycles. The lowest BCUT2D eigenvalue weighted by Gasteiger charge is -2.35. The maximum atomic E-state index is 14.9. The molecule has 0 fully saturated rings. The molecule has 3 N–H and O–H groups in total. The van der Waals surface area contributed by atoms with Crippen molar-refractivity contribution in [1.29, 1.82) is 0 Å². The van der Waals surface area contributed by atoms with Crippen LogP contribution in [0.4, 0.5) is 25.2 Å². The van der Waals surface area contributed by atoms with Gasteiger partial charge in [0, 0.05) is 22.8 Å². The number of rotatable bonds is 3. The first-order valence-electron chi connectivity index (χ1n) is 9.90. The molecule has 172 valence electrons. The van der Waals surface area contributed by atoms with E-state index in [4.69, 9.17) is 0 Å². The first kappa shape index (κ1) is 22.0. The van der Waals surface area contributed by atoms with Crippen molar-refractivity contribution in [2.24, 2.45) is 0 Å². The van der Waals surface area contributed by atoms with Crippen molar-refractivity contribution in [3.8, 4) is 0 Å². The quantitative estimate of drug-likeness (QED) is 0.336. The minimum absolute atomic E-state index is 0.0729. The van der Waals surface area contributed by atoms with E-state index in [2.05, 4.69) is 36.0 Å². The van der Waals surface area contributed by atoms with Gasteiger partial charge in [0.15, 0.2) is 5.72 Å². The van der Waals surface area contributed by atoms with E-state index in [1.807, 2.05) is 0 Å². The average molecular weight is 529 g/mol. The van der Waals surface area contributed by atoms with Gasteiger partial charge >= 0.3 is 6.09 Å². The molecule has 1 atom stereocenters. The highest BCUT2D eigenvalue weighted by atomic mass is 79.9. The average Bonchev–Trinajstić information content (AvgIpc) is 3.32. The second-order valence-electron chi connectivity index (χ2n) is 7.51. The molecule has 2 heterocycles. The van der Waals surface area contributed by atoms with Gasteiger partial charge in [0.2, 0.25) is 5.95 Å². The van der Waals surface area contributed by atoms with E-state index in [9.17, 15) is 23.5 Å². The summed E-state index contributed by atoms with van der Waals surface area (Å²) in [5, 5.41) is 14.4. The summed E-state index contributed by atoms with van der Waals surface area (Å²) in [5.74, 6) is -2.42. The molecule has 0 saturated heterocycles. The molecule has 3 aromatic carbocycles. The van der Waals surface area contributed by atoms with E-state index < -0.39 is 29.4 Å². The van der Waals surface area contributed by atoms with Crippen LogP contribution in [-0.2, 0) is 10.5 Å². The number of nitrogens with zero attached hydrogens (tertiary/aromatic N) is 2. The van der Waals surface area contributed by atoms with Gasteiger partial charge in [-0.2, -0.15) is 0 Å². The number of amides is 2. The van der Waals surface area contributed by atoms with Crippen LogP contribution >= 0.6 is 15.9 Å². The number of hydrogen-bond donors (Lipinski definition) is 3. The molecule has 4 aromatic rings. The van der Waals surface area contributed by atoms with E-state index in [1.54, 1.807) is 30.3 Å². The van der Waals surface area contributed by atoms with Gasteiger partial charge in [-0.05, 0) is 40.2 Å². The topological polar surface area (TPSA) is 108 Å². The Kier molecular flexibility index (Phi) is 5.10. The Hall–Kier alpha value is -3.83. The fourth-order valence-electron chi connectivity index (χ4n) is 4.04. The van der Waals surface area contributed by atoms with E-state index in [-0.39, 0.29) is 32.8 Å². The predicted molar refractivity (Wildman–Crippen MR) is 122 cm³/mol. The third-order valence-corrected chi connectivity index (χ3v) is 6.19. The third kappa shape index (κ3) is 3.24. The molecule has 0 bridgehead atoms. The van der Waals surface area contributed by atoms with E-state index in [1.165, 1.54) is 19.2 Å². The zero-order chi connectivity index (χ0) is 24.2. The van der Waals surface area contributed by atoms with Crippen LogP contribution in [0.15, 0.2) is 59.1 Å². The summed E-state index contributed by atoms with van der Waals surface area (Å²) < 4.78 is 33.3. The molecule has 0 radical (unpaired) electrons. The zero-order valence-electron chi connectivity index (χ0n) is 17.4. The lowest BCUT2D eigenvalue weighted by Crippen LogP contribution is -2.45. The Bertz CT molecular complexity index is 1490. The van der Waals surface area contributed by atoms with Crippen LogP contribution in [0.1, 0.15) is 21.5 Å². The van der Waals surface area contributed by atoms with Crippen molar-refractivity contribution >= 4 is 50.6 Å². The molecule has 0 spiro atoms. The number of carbonyl (C=O) groups is 2. The normalized spacial score (nSPS) is 17.2. The van der Waals surface area contributed by atoms with Crippen molar-refractivity contribution in [2.75, 3.05) is 17.3 Å². The van der Waals surface area contributed by atoms with Crippen LogP contribution in [0.5, 0.6) is 0 Å². The van der Waals surface area contributed by atoms with Gasteiger partial charge in [-0.15, -0.1) is 0 Å². The van der Waals surface area contributed by atoms with Gasteiger partial charge in [-0.25, -0.2) is 18.6 Å². The number of imidazole rings is 1. The number of methoxy groups -OCH3 is 1. The number of nitrogens with one attached hydrogen (secondary N) is 2. The largest absolute Gasteiger partial charge is 0.453 e. The van der Waals surface area contributed by atoms with Gasteiger partial charge in [-0.3, -0.25) is 15.0 Å². The van der Waals surface area contributed by atoms with Crippen molar-refractivity contribution < 1.29 is 28.2 Å². The standard InChI is InChI=1S/C23H15BrF2N4O4/c1-34-22(32)29-21-27-17-7-6-11(8-18(17)28-21)23(33)13-5-3-2-4-12(13)20(31)30(23)19-9-14(24)15(25)10-16(19)26/h2-10,33H,1H3,(H2,27,28,29,32). The number of anilines is 2. The fourth-order valence-corrected chi connectivity index (χ4v) is 4.37. The minimum atomic E-state index is -2.13. The predicted octanol–water partition coefficient (Wildman–Crippen LogP) is 4.64. The second-order valence-corrected chi connectivity index (χ2v) is 8.36. The molecule has 11 heteroatoms. The van der Waals surface area contributed by atoms with E-state index in [0.717, 1.165) is 11.0 Å². The number of halogens is 3. The lowest BCUT2D eigenvalue weighted by atomic mass is 9.93. The van der Waals surface area contributed by atoms with Crippen molar-refractivity contribution in [3.63, 3.8) is 0 Å². The van der Waals surface area contributed by atoms with Gasteiger partial charge in [0.1, 0.15) is 11.6 Å².